The molecule has 0 aliphatic carbocycles. The fraction of sp³-hybridized carbons (Fsp3) is 0.308. The van der Waals surface area contributed by atoms with E-state index in [0.29, 0.717) is 5.56 Å². The summed E-state index contributed by atoms with van der Waals surface area (Å²) >= 11 is 0. The molecule has 1 aromatic carbocycles. The van der Waals surface area contributed by atoms with E-state index in [4.69, 9.17) is 5.11 Å². The minimum absolute atomic E-state index is 0.136. The van der Waals surface area contributed by atoms with Crippen molar-refractivity contribution in [1.82, 2.24) is 0 Å². The Bertz CT molecular complexity index is 495. The molecule has 0 unspecified atom stereocenters. The van der Waals surface area contributed by atoms with Gasteiger partial charge in [-0.15, -0.1) is 0 Å². The van der Waals surface area contributed by atoms with Gasteiger partial charge in [0.25, 0.3) is 0 Å². The summed E-state index contributed by atoms with van der Waals surface area (Å²) in [6.45, 7) is 1.65. The van der Waals surface area contributed by atoms with E-state index in [2.05, 4.69) is 4.74 Å². The van der Waals surface area contributed by atoms with Gasteiger partial charge in [0.05, 0.1) is 0 Å². The molecule has 0 spiro atoms. The number of carboxylic acids is 1. The third-order valence-electron chi connectivity index (χ3n) is 2.38. The Balaban J connectivity index is 2.87. The van der Waals surface area contributed by atoms with Crippen LogP contribution in [-0.2, 0) is 4.79 Å². The number of carbonyl (C=O) groups is 1. The van der Waals surface area contributed by atoms with E-state index in [-0.39, 0.29) is 12.0 Å². The fourth-order valence-corrected chi connectivity index (χ4v) is 1.35. The highest BCUT2D eigenvalue weighted by molar-refractivity contribution is 5.92. The number of benzene rings is 1. The third-order valence-corrected chi connectivity index (χ3v) is 2.38. The molecule has 0 saturated carbocycles. The molecule has 20 heavy (non-hydrogen) atoms. The summed E-state index contributed by atoms with van der Waals surface area (Å²) in [5, 5.41) is 8.83. The maximum atomic E-state index is 12.6. The van der Waals surface area contributed by atoms with Crippen molar-refractivity contribution >= 4 is 12.0 Å². The lowest BCUT2D eigenvalue weighted by molar-refractivity contribution is -0.253. The Kier molecular flexibility index (Phi) is 5.12. The van der Waals surface area contributed by atoms with Crippen LogP contribution in [0.4, 0.5) is 17.6 Å². The van der Waals surface area contributed by atoms with Gasteiger partial charge in [-0.25, -0.2) is 4.79 Å². The zero-order valence-electron chi connectivity index (χ0n) is 10.4. The van der Waals surface area contributed by atoms with Crippen LogP contribution < -0.4 is 4.74 Å². The average Bonchev–Trinajstić information content (AvgIpc) is 2.36. The smallest absolute Gasteiger partial charge is 0.461 e. The topological polar surface area (TPSA) is 46.5 Å². The van der Waals surface area contributed by atoms with Crippen LogP contribution >= 0.6 is 0 Å². The molecular weight excluding hydrogens is 280 g/mol. The van der Waals surface area contributed by atoms with Gasteiger partial charge in [0.15, 0.2) is 0 Å². The monoisotopic (exact) mass is 292 g/mol. The van der Waals surface area contributed by atoms with Crippen LogP contribution in [0.25, 0.3) is 6.08 Å². The number of hydrogen-bond donors (Lipinski definition) is 1. The maximum Gasteiger partial charge on any atom is 0.461 e. The first-order valence-corrected chi connectivity index (χ1v) is 5.65. The number of hydrogen-bond acceptors (Lipinski definition) is 2. The van der Waals surface area contributed by atoms with Crippen molar-refractivity contribution in [2.45, 2.75) is 25.9 Å². The molecule has 0 atom stereocenters. The minimum Gasteiger partial charge on any atom is -0.478 e. The van der Waals surface area contributed by atoms with E-state index in [1.807, 2.05) is 0 Å². The van der Waals surface area contributed by atoms with Gasteiger partial charge in [-0.2, -0.15) is 17.6 Å². The molecule has 3 nitrogen and oxygen atoms in total. The molecule has 7 heteroatoms. The molecule has 0 aromatic heterocycles. The molecule has 1 rings (SSSR count). The van der Waals surface area contributed by atoms with Crippen LogP contribution in [-0.4, -0.2) is 23.6 Å². The van der Waals surface area contributed by atoms with Gasteiger partial charge >= 0.3 is 18.5 Å². The number of rotatable bonds is 6. The molecule has 0 aliphatic rings. The molecule has 0 heterocycles. The van der Waals surface area contributed by atoms with Gasteiger partial charge < -0.3 is 9.84 Å². The second-order valence-electron chi connectivity index (χ2n) is 3.86. The van der Waals surface area contributed by atoms with Crippen molar-refractivity contribution < 1.29 is 32.2 Å². The Morgan fingerprint density at radius 3 is 2.30 bits per heavy atom. The van der Waals surface area contributed by atoms with Gasteiger partial charge in [-0.3, -0.25) is 0 Å². The second-order valence-corrected chi connectivity index (χ2v) is 3.86. The van der Waals surface area contributed by atoms with E-state index in [1.165, 1.54) is 18.2 Å². The molecule has 0 amide bonds. The van der Waals surface area contributed by atoms with E-state index >= 15 is 0 Å². The number of aliphatic carboxylic acids is 1. The summed E-state index contributed by atoms with van der Waals surface area (Å²) in [5.41, 5.74) is 0.577. The molecule has 0 fully saturated rings. The maximum absolute atomic E-state index is 12.6. The van der Waals surface area contributed by atoms with Crippen LogP contribution in [0.15, 0.2) is 29.8 Å². The van der Waals surface area contributed by atoms with Gasteiger partial charge in [0, 0.05) is 5.57 Å². The van der Waals surface area contributed by atoms with Crippen LogP contribution in [0.2, 0.25) is 0 Å². The van der Waals surface area contributed by atoms with Crippen molar-refractivity contribution in [2.75, 3.05) is 0 Å². The number of halogens is 4. The predicted molar refractivity (Wildman–Crippen MR) is 63.9 cm³/mol. The lowest BCUT2D eigenvalue weighted by atomic mass is 10.1. The van der Waals surface area contributed by atoms with Crippen molar-refractivity contribution in [3.05, 3.63) is 35.4 Å². The Morgan fingerprint density at radius 1 is 1.35 bits per heavy atom. The summed E-state index contributed by atoms with van der Waals surface area (Å²) in [7, 11) is 0. The molecule has 0 radical (unpaired) electrons. The summed E-state index contributed by atoms with van der Waals surface area (Å²) < 4.78 is 53.0. The molecule has 0 aliphatic heterocycles. The van der Waals surface area contributed by atoms with Crippen LogP contribution in [0.5, 0.6) is 5.75 Å². The quantitative estimate of drug-likeness (QED) is 0.640. The third kappa shape index (κ3) is 4.25. The van der Waals surface area contributed by atoms with Crippen LogP contribution in [0.3, 0.4) is 0 Å². The normalized spacial score (nSPS) is 12.6. The highest BCUT2D eigenvalue weighted by Crippen LogP contribution is 2.27. The van der Waals surface area contributed by atoms with Crippen LogP contribution in [0.1, 0.15) is 18.9 Å². The lowest BCUT2D eigenvalue weighted by Gasteiger charge is -2.16. The number of alkyl halides is 4. The average molecular weight is 292 g/mol. The van der Waals surface area contributed by atoms with Crippen LogP contribution in [0, 0.1) is 0 Å². The Labute approximate surface area is 112 Å². The van der Waals surface area contributed by atoms with E-state index in [1.54, 1.807) is 6.92 Å². The van der Waals surface area contributed by atoms with Crippen molar-refractivity contribution in [1.29, 1.82) is 0 Å². The van der Waals surface area contributed by atoms with Gasteiger partial charge in [-0.1, -0.05) is 19.1 Å². The lowest BCUT2D eigenvalue weighted by Crippen LogP contribution is -2.33. The fourth-order valence-electron chi connectivity index (χ4n) is 1.35. The second kappa shape index (κ2) is 6.40. The highest BCUT2D eigenvalue weighted by Gasteiger charge is 2.43. The van der Waals surface area contributed by atoms with E-state index in [9.17, 15) is 22.4 Å². The standard InChI is InChI=1S/C13H12F4O3/c1-2-9(11(18)19)7-8-3-5-10(6-4-8)20-13(16,17)12(14)15/h3-7,12H,2H2,1H3,(H,18,19)/b9-7+. The molecule has 0 bridgehead atoms. The van der Waals surface area contributed by atoms with Crippen molar-refractivity contribution in [3.63, 3.8) is 0 Å². The summed E-state index contributed by atoms with van der Waals surface area (Å²) in [6, 6.07) is 4.74. The van der Waals surface area contributed by atoms with Crippen molar-refractivity contribution in [2.24, 2.45) is 0 Å². The molecule has 110 valence electrons. The molecular formula is C13H12F4O3. The minimum atomic E-state index is -4.56. The number of carboxylic acid groups (broad SMARTS) is 1. The summed E-state index contributed by atoms with van der Waals surface area (Å²) in [6.07, 6.45) is -6.85. The zero-order chi connectivity index (χ0) is 15.3. The molecule has 1 N–H and O–H groups in total. The summed E-state index contributed by atoms with van der Waals surface area (Å²) in [4.78, 5) is 10.8. The van der Waals surface area contributed by atoms with Crippen molar-refractivity contribution in [3.8, 4) is 5.75 Å². The van der Waals surface area contributed by atoms with E-state index < -0.39 is 24.3 Å². The first-order chi connectivity index (χ1) is 9.26. The Hall–Kier alpha value is -2.05. The molecule has 0 saturated heterocycles. The highest BCUT2D eigenvalue weighted by atomic mass is 19.3. The summed E-state index contributed by atoms with van der Waals surface area (Å²) in [5.74, 6) is -1.52. The van der Waals surface area contributed by atoms with E-state index in [0.717, 1.165) is 12.1 Å². The Morgan fingerprint density at radius 2 is 1.90 bits per heavy atom. The van der Waals surface area contributed by atoms with Gasteiger partial charge in [0.1, 0.15) is 5.75 Å². The first-order valence-electron chi connectivity index (χ1n) is 5.65. The molecule has 1 aromatic rings. The zero-order valence-corrected chi connectivity index (χ0v) is 10.4. The van der Waals surface area contributed by atoms with Gasteiger partial charge in [-0.05, 0) is 30.2 Å². The number of ether oxygens (including phenoxy) is 1. The predicted octanol–water partition coefficient (Wildman–Crippen LogP) is 3.80. The SMILES string of the molecule is CC/C(=C\c1ccc(OC(F)(F)C(F)F)cc1)C(=O)O. The first kappa shape index (κ1) is 16.0. The largest absolute Gasteiger partial charge is 0.478 e. The van der Waals surface area contributed by atoms with Gasteiger partial charge in [0.2, 0.25) is 0 Å².